The summed E-state index contributed by atoms with van der Waals surface area (Å²) in [5.74, 6) is 0.368. The van der Waals surface area contributed by atoms with Crippen molar-refractivity contribution in [3.05, 3.63) is 34.2 Å². The fourth-order valence-electron chi connectivity index (χ4n) is 4.95. The Morgan fingerprint density at radius 3 is 2.50 bits per heavy atom. The molecule has 1 aromatic carbocycles. The van der Waals surface area contributed by atoms with Gasteiger partial charge in [-0.1, -0.05) is 32.1 Å². The Morgan fingerprint density at radius 2 is 1.82 bits per heavy atom. The van der Waals surface area contributed by atoms with Gasteiger partial charge in [-0.05, 0) is 49.8 Å². The van der Waals surface area contributed by atoms with Crippen molar-refractivity contribution >= 4 is 29.3 Å². The molecule has 2 saturated carbocycles. The molecule has 0 saturated heterocycles. The van der Waals surface area contributed by atoms with E-state index in [0.717, 1.165) is 36.7 Å². The lowest BCUT2D eigenvalue weighted by Gasteiger charge is -2.30. The maximum atomic E-state index is 12.8. The van der Waals surface area contributed by atoms with Crippen LogP contribution in [-0.2, 0) is 0 Å². The smallest absolute Gasteiger partial charge is 0.326 e. The number of aromatic nitrogens is 2. The van der Waals surface area contributed by atoms with Crippen LogP contribution in [0.1, 0.15) is 74.2 Å². The van der Waals surface area contributed by atoms with Gasteiger partial charge >= 0.3 is 5.69 Å². The van der Waals surface area contributed by atoms with Crippen LogP contribution in [0.15, 0.2) is 23.0 Å². The molecular formula is C21H31ClN4O2. The number of rotatable bonds is 5. The molecule has 0 spiro atoms. The summed E-state index contributed by atoms with van der Waals surface area (Å²) in [5.41, 5.74) is 8.09. The maximum Gasteiger partial charge on any atom is 0.326 e. The average molecular weight is 407 g/mol. The predicted molar refractivity (Wildman–Crippen MR) is 114 cm³/mol. The molecule has 1 heterocycles. The molecule has 0 aliphatic heterocycles. The standard InChI is InChI=1S/C21H30N4O2.ClH/c22-13-18(14-6-2-1-3-7-14)23-20(26)15-10-11-19-17(12-15)24-21(27)25(19)16-8-4-5-9-16;/h10-12,14,16,18H,1-9,13,22H2,(H,23,26)(H,24,27);1H. The highest BCUT2D eigenvalue weighted by atomic mass is 35.5. The van der Waals surface area contributed by atoms with Gasteiger partial charge in [-0.3, -0.25) is 9.36 Å². The molecule has 28 heavy (non-hydrogen) atoms. The number of nitrogens with one attached hydrogen (secondary N) is 2. The van der Waals surface area contributed by atoms with E-state index in [2.05, 4.69) is 10.3 Å². The van der Waals surface area contributed by atoms with Gasteiger partial charge in [0.15, 0.2) is 0 Å². The molecule has 7 heteroatoms. The van der Waals surface area contributed by atoms with Crippen molar-refractivity contribution in [3.8, 4) is 0 Å². The second kappa shape index (κ2) is 9.14. The van der Waals surface area contributed by atoms with Crippen LogP contribution in [0.4, 0.5) is 0 Å². The zero-order valence-corrected chi connectivity index (χ0v) is 17.1. The lowest BCUT2D eigenvalue weighted by Crippen LogP contribution is -2.45. The van der Waals surface area contributed by atoms with Crippen molar-refractivity contribution in [2.75, 3.05) is 6.54 Å². The third-order valence-electron chi connectivity index (χ3n) is 6.46. The molecule has 4 rings (SSSR count). The number of nitrogens with two attached hydrogens (primary N) is 1. The van der Waals surface area contributed by atoms with Crippen molar-refractivity contribution in [2.45, 2.75) is 69.9 Å². The second-order valence-corrected chi connectivity index (χ2v) is 8.18. The van der Waals surface area contributed by atoms with Crippen molar-refractivity contribution in [1.29, 1.82) is 0 Å². The van der Waals surface area contributed by atoms with E-state index in [0.29, 0.717) is 18.0 Å². The first-order chi connectivity index (χ1) is 13.2. The first-order valence-corrected chi connectivity index (χ1v) is 10.4. The number of amides is 1. The van der Waals surface area contributed by atoms with Crippen molar-refractivity contribution in [3.63, 3.8) is 0 Å². The van der Waals surface area contributed by atoms with Crippen LogP contribution in [0.2, 0.25) is 0 Å². The lowest BCUT2D eigenvalue weighted by molar-refractivity contribution is 0.0915. The lowest BCUT2D eigenvalue weighted by atomic mass is 9.84. The van der Waals surface area contributed by atoms with E-state index in [4.69, 9.17) is 5.73 Å². The van der Waals surface area contributed by atoms with Crippen LogP contribution in [0, 0.1) is 5.92 Å². The number of aromatic amines is 1. The first kappa shape index (κ1) is 20.9. The monoisotopic (exact) mass is 406 g/mol. The molecule has 0 bridgehead atoms. The Labute approximate surface area is 171 Å². The first-order valence-electron chi connectivity index (χ1n) is 10.4. The van der Waals surface area contributed by atoms with Crippen molar-refractivity contribution < 1.29 is 4.79 Å². The quantitative estimate of drug-likeness (QED) is 0.709. The number of nitrogens with zero attached hydrogens (tertiary/aromatic N) is 1. The minimum atomic E-state index is -0.104. The van der Waals surface area contributed by atoms with E-state index >= 15 is 0 Å². The fraction of sp³-hybridized carbons (Fsp3) is 0.619. The minimum Gasteiger partial charge on any atom is -0.348 e. The molecule has 1 amide bonds. The Kier molecular flexibility index (Phi) is 6.83. The molecule has 0 radical (unpaired) electrons. The zero-order chi connectivity index (χ0) is 18.8. The Hall–Kier alpha value is -1.79. The molecular weight excluding hydrogens is 376 g/mol. The normalized spacial score (nSPS) is 19.5. The van der Waals surface area contributed by atoms with Gasteiger partial charge in [-0.15, -0.1) is 12.4 Å². The van der Waals surface area contributed by atoms with Gasteiger partial charge in [0.2, 0.25) is 0 Å². The molecule has 2 aliphatic carbocycles. The molecule has 6 nitrogen and oxygen atoms in total. The summed E-state index contributed by atoms with van der Waals surface area (Å²) >= 11 is 0. The number of hydrogen-bond donors (Lipinski definition) is 3. The average Bonchev–Trinajstić information content (AvgIpc) is 3.32. The summed E-state index contributed by atoms with van der Waals surface area (Å²) in [4.78, 5) is 28.1. The molecule has 1 unspecified atom stereocenters. The Morgan fingerprint density at radius 1 is 1.14 bits per heavy atom. The molecule has 2 aromatic rings. The zero-order valence-electron chi connectivity index (χ0n) is 16.3. The number of carbonyl (C=O) groups excluding carboxylic acids is 1. The summed E-state index contributed by atoms with van der Waals surface area (Å²) in [6.45, 7) is 0.466. The van der Waals surface area contributed by atoms with Crippen LogP contribution in [-0.4, -0.2) is 28.0 Å². The number of halogens is 1. The maximum absolute atomic E-state index is 12.8. The van der Waals surface area contributed by atoms with Crippen molar-refractivity contribution in [1.82, 2.24) is 14.9 Å². The molecule has 154 valence electrons. The van der Waals surface area contributed by atoms with E-state index in [-0.39, 0.29) is 36.1 Å². The number of carbonyl (C=O) groups is 1. The van der Waals surface area contributed by atoms with Crippen LogP contribution < -0.4 is 16.7 Å². The summed E-state index contributed by atoms with van der Waals surface area (Å²) < 4.78 is 1.87. The second-order valence-electron chi connectivity index (χ2n) is 8.18. The van der Waals surface area contributed by atoms with Gasteiger partial charge in [0.05, 0.1) is 11.0 Å². The number of fused-ring (bicyclic) bond motifs is 1. The minimum absolute atomic E-state index is 0. The highest BCUT2D eigenvalue weighted by Gasteiger charge is 2.25. The molecule has 2 aliphatic rings. The van der Waals surface area contributed by atoms with E-state index in [1.807, 2.05) is 16.7 Å². The number of imidazole rings is 1. The molecule has 2 fully saturated rings. The molecule has 1 atom stereocenters. The number of H-pyrrole nitrogens is 1. The summed E-state index contributed by atoms with van der Waals surface area (Å²) in [7, 11) is 0. The van der Waals surface area contributed by atoms with Crippen LogP contribution >= 0.6 is 12.4 Å². The van der Waals surface area contributed by atoms with Gasteiger partial charge in [0.1, 0.15) is 0 Å². The van der Waals surface area contributed by atoms with Gasteiger partial charge in [-0.25, -0.2) is 4.79 Å². The highest BCUT2D eigenvalue weighted by Crippen LogP contribution is 2.31. The van der Waals surface area contributed by atoms with Gasteiger partial charge in [0.25, 0.3) is 5.91 Å². The summed E-state index contributed by atoms with van der Waals surface area (Å²) in [6.07, 6.45) is 10.4. The van der Waals surface area contributed by atoms with Gasteiger partial charge < -0.3 is 16.0 Å². The van der Waals surface area contributed by atoms with E-state index in [1.165, 1.54) is 32.1 Å². The van der Waals surface area contributed by atoms with Crippen LogP contribution in [0.3, 0.4) is 0 Å². The third kappa shape index (κ3) is 4.13. The molecule has 4 N–H and O–H groups in total. The topological polar surface area (TPSA) is 92.9 Å². The Bertz CT molecular complexity index is 863. The largest absolute Gasteiger partial charge is 0.348 e. The highest BCUT2D eigenvalue weighted by molar-refractivity contribution is 5.97. The Balaban J connectivity index is 0.00000225. The third-order valence-corrected chi connectivity index (χ3v) is 6.46. The van der Waals surface area contributed by atoms with E-state index in [9.17, 15) is 9.59 Å². The fourth-order valence-corrected chi connectivity index (χ4v) is 4.95. The van der Waals surface area contributed by atoms with Gasteiger partial charge in [0, 0.05) is 24.2 Å². The SMILES string of the molecule is Cl.NCC(NC(=O)c1ccc2c(c1)[nH]c(=O)n2C1CCCC1)C1CCCCC1. The van der Waals surface area contributed by atoms with E-state index in [1.54, 1.807) is 6.07 Å². The number of hydrogen-bond acceptors (Lipinski definition) is 3. The van der Waals surface area contributed by atoms with E-state index < -0.39 is 0 Å². The summed E-state index contributed by atoms with van der Waals surface area (Å²) in [5, 5.41) is 3.13. The van der Waals surface area contributed by atoms with Crippen LogP contribution in [0.5, 0.6) is 0 Å². The summed E-state index contributed by atoms with van der Waals surface area (Å²) in [6, 6.07) is 5.82. The number of benzene rings is 1. The van der Waals surface area contributed by atoms with Gasteiger partial charge in [-0.2, -0.15) is 0 Å². The van der Waals surface area contributed by atoms with Crippen molar-refractivity contribution in [2.24, 2.45) is 11.7 Å². The van der Waals surface area contributed by atoms with Crippen LogP contribution in [0.25, 0.3) is 11.0 Å². The predicted octanol–water partition coefficient (Wildman–Crippen LogP) is 3.50. The molecule has 1 aromatic heterocycles.